The Labute approximate surface area is 127 Å². The van der Waals surface area contributed by atoms with Crippen molar-refractivity contribution >= 4 is 11.9 Å². The highest BCUT2D eigenvalue weighted by atomic mass is 16.6. The maximum absolute atomic E-state index is 12.3. The van der Waals surface area contributed by atoms with Crippen molar-refractivity contribution in [2.24, 2.45) is 5.41 Å². The first-order valence-corrected chi connectivity index (χ1v) is 7.37. The zero-order valence-electron chi connectivity index (χ0n) is 13.9. The standard InChI is InChI=1S/C15H28O6/c1-7-18-13(16)15(9-20-11(3)4,10-21-12(5)6)14(17)19-8-2/h11-12H,7-10H2,1-6H3. The predicted molar refractivity (Wildman–Crippen MR) is 77.9 cm³/mol. The Morgan fingerprint density at radius 1 is 0.810 bits per heavy atom. The largest absolute Gasteiger partial charge is 0.465 e. The summed E-state index contributed by atoms with van der Waals surface area (Å²) in [5.74, 6) is -1.35. The van der Waals surface area contributed by atoms with Crippen LogP contribution in [0.15, 0.2) is 0 Å². The van der Waals surface area contributed by atoms with Gasteiger partial charge in [-0.15, -0.1) is 0 Å². The van der Waals surface area contributed by atoms with Gasteiger partial charge in [0.1, 0.15) is 0 Å². The fraction of sp³-hybridized carbons (Fsp3) is 0.867. The average molecular weight is 304 g/mol. The fourth-order valence-corrected chi connectivity index (χ4v) is 1.52. The minimum atomic E-state index is -1.58. The van der Waals surface area contributed by atoms with Crippen molar-refractivity contribution < 1.29 is 28.5 Å². The van der Waals surface area contributed by atoms with Crippen LogP contribution in [0.4, 0.5) is 0 Å². The van der Waals surface area contributed by atoms with Gasteiger partial charge in [0.15, 0.2) is 0 Å². The van der Waals surface area contributed by atoms with Gasteiger partial charge in [-0.2, -0.15) is 0 Å². The van der Waals surface area contributed by atoms with E-state index < -0.39 is 17.4 Å². The maximum Gasteiger partial charge on any atom is 0.328 e. The molecule has 0 saturated heterocycles. The minimum Gasteiger partial charge on any atom is -0.465 e. The van der Waals surface area contributed by atoms with Crippen molar-refractivity contribution in [3.8, 4) is 0 Å². The molecule has 0 atom stereocenters. The highest BCUT2D eigenvalue weighted by Crippen LogP contribution is 2.25. The summed E-state index contributed by atoms with van der Waals surface area (Å²) in [5, 5.41) is 0. The lowest BCUT2D eigenvalue weighted by Crippen LogP contribution is -2.50. The summed E-state index contributed by atoms with van der Waals surface area (Å²) in [7, 11) is 0. The van der Waals surface area contributed by atoms with Crippen LogP contribution in [0.5, 0.6) is 0 Å². The lowest BCUT2D eigenvalue weighted by atomic mass is 9.90. The van der Waals surface area contributed by atoms with Crippen LogP contribution in [0, 0.1) is 5.41 Å². The Balaban J connectivity index is 5.34. The van der Waals surface area contributed by atoms with Gasteiger partial charge in [-0.05, 0) is 41.5 Å². The third-order valence-corrected chi connectivity index (χ3v) is 2.66. The fourth-order valence-electron chi connectivity index (χ4n) is 1.52. The molecule has 21 heavy (non-hydrogen) atoms. The molecular weight excluding hydrogens is 276 g/mol. The lowest BCUT2D eigenvalue weighted by Gasteiger charge is -2.30. The number of ether oxygens (including phenoxy) is 4. The maximum atomic E-state index is 12.3. The van der Waals surface area contributed by atoms with Crippen LogP contribution < -0.4 is 0 Å². The molecule has 0 heterocycles. The van der Waals surface area contributed by atoms with Gasteiger partial charge in [0.25, 0.3) is 0 Å². The van der Waals surface area contributed by atoms with Gasteiger partial charge in [-0.1, -0.05) is 0 Å². The van der Waals surface area contributed by atoms with Crippen LogP contribution in [0.25, 0.3) is 0 Å². The van der Waals surface area contributed by atoms with Crippen LogP contribution in [0.3, 0.4) is 0 Å². The Morgan fingerprint density at radius 3 is 1.38 bits per heavy atom. The van der Waals surface area contributed by atoms with E-state index in [1.165, 1.54) is 0 Å². The van der Waals surface area contributed by atoms with Crippen molar-refractivity contribution in [2.75, 3.05) is 26.4 Å². The van der Waals surface area contributed by atoms with E-state index in [0.29, 0.717) is 0 Å². The topological polar surface area (TPSA) is 71.1 Å². The molecule has 0 aliphatic rings. The molecule has 0 spiro atoms. The molecule has 0 amide bonds. The zero-order chi connectivity index (χ0) is 16.5. The molecule has 0 aliphatic carbocycles. The van der Waals surface area contributed by atoms with Crippen molar-refractivity contribution in [1.29, 1.82) is 0 Å². The van der Waals surface area contributed by atoms with Gasteiger partial charge < -0.3 is 18.9 Å². The molecule has 6 heteroatoms. The van der Waals surface area contributed by atoms with Crippen LogP contribution >= 0.6 is 0 Å². The zero-order valence-corrected chi connectivity index (χ0v) is 13.9. The Hall–Kier alpha value is -1.14. The summed E-state index contributed by atoms with van der Waals surface area (Å²) < 4.78 is 21.1. The number of esters is 2. The highest BCUT2D eigenvalue weighted by molar-refractivity contribution is 6.00. The second kappa shape index (κ2) is 9.73. The van der Waals surface area contributed by atoms with E-state index in [9.17, 15) is 9.59 Å². The van der Waals surface area contributed by atoms with E-state index in [4.69, 9.17) is 18.9 Å². The van der Waals surface area contributed by atoms with Gasteiger partial charge in [-0.3, -0.25) is 9.59 Å². The van der Waals surface area contributed by atoms with Gasteiger partial charge in [0, 0.05) is 0 Å². The first kappa shape index (κ1) is 19.9. The van der Waals surface area contributed by atoms with Crippen LogP contribution in [0.1, 0.15) is 41.5 Å². The van der Waals surface area contributed by atoms with Crippen molar-refractivity contribution in [3.05, 3.63) is 0 Å². The van der Waals surface area contributed by atoms with E-state index >= 15 is 0 Å². The van der Waals surface area contributed by atoms with Crippen molar-refractivity contribution in [3.63, 3.8) is 0 Å². The van der Waals surface area contributed by atoms with Crippen molar-refractivity contribution in [2.45, 2.75) is 53.8 Å². The van der Waals surface area contributed by atoms with Gasteiger partial charge in [-0.25, -0.2) is 0 Å². The molecule has 124 valence electrons. The van der Waals surface area contributed by atoms with E-state index in [-0.39, 0.29) is 38.6 Å². The summed E-state index contributed by atoms with van der Waals surface area (Å²) in [4.78, 5) is 24.6. The summed E-state index contributed by atoms with van der Waals surface area (Å²) in [6.45, 7) is 10.7. The second-order valence-electron chi connectivity index (χ2n) is 5.24. The van der Waals surface area contributed by atoms with Crippen molar-refractivity contribution in [1.82, 2.24) is 0 Å². The first-order chi connectivity index (χ1) is 9.80. The van der Waals surface area contributed by atoms with Gasteiger partial charge >= 0.3 is 11.9 Å². The number of hydrogen-bond donors (Lipinski definition) is 0. The van der Waals surface area contributed by atoms with E-state index in [0.717, 1.165) is 0 Å². The lowest BCUT2D eigenvalue weighted by molar-refractivity contribution is -0.185. The quantitative estimate of drug-likeness (QED) is 0.454. The highest BCUT2D eigenvalue weighted by Gasteiger charge is 2.50. The molecule has 0 N–H and O–H groups in total. The summed E-state index contributed by atoms with van der Waals surface area (Å²) >= 11 is 0. The molecule has 0 unspecified atom stereocenters. The molecule has 0 aliphatic heterocycles. The summed E-state index contributed by atoms with van der Waals surface area (Å²) in [6, 6.07) is 0. The third-order valence-electron chi connectivity index (χ3n) is 2.66. The molecule has 0 bridgehead atoms. The molecule has 0 aromatic carbocycles. The van der Waals surface area contributed by atoms with E-state index in [2.05, 4.69) is 0 Å². The van der Waals surface area contributed by atoms with Gasteiger partial charge in [0.05, 0.1) is 38.6 Å². The SMILES string of the molecule is CCOC(=O)C(COC(C)C)(COC(C)C)C(=O)OCC. The van der Waals surface area contributed by atoms with Crippen LogP contribution in [-0.4, -0.2) is 50.6 Å². The molecule has 6 nitrogen and oxygen atoms in total. The molecule has 0 saturated carbocycles. The van der Waals surface area contributed by atoms with Crippen LogP contribution in [0.2, 0.25) is 0 Å². The normalized spacial score (nSPS) is 11.8. The number of carbonyl (C=O) groups is 2. The minimum absolute atomic E-state index is 0.130. The second-order valence-corrected chi connectivity index (χ2v) is 5.24. The Kier molecular flexibility index (Phi) is 9.21. The Morgan fingerprint density at radius 2 is 1.14 bits per heavy atom. The van der Waals surface area contributed by atoms with Gasteiger partial charge in [0.2, 0.25) is 5.41 Å². The average Bonchev–Trinajstić information content (AvgIpc) is 2.39. The molecule has 0 radical (unpaired) electrons. The molecule has 0 aromatic rings. The smallest absolute Gasteiger partial charge is 0.328 e. The number of rotatable bonds is 10. The molecular formula is C15H28O6. The molecule has 0 fully saturated rings. The summed E-state index contributed by atoms with van der Waals surface area (Å²) in [5.41, 5.74) is -1.58. The van der Waals surface area contributed by atoms with E-state index in [1.807, 2.05) is 27.7 Å². The molecule has 0 rings (SSSR count). The Bertz CT molecular complexity index is 292. The monoisotopic (exact) mass is 304 g/mol. The van der Waals surface area contributed by atoms with E-state index in [1.54, 1.807) is 13.8 Å². The molecule has 0 aromatic heterocycles. The summed E-state index contributed by atoms with van der Waals surface area (Å²) in [6.07, 6.45) is -0.264. The number of carbonyl (C=O) groups excluding carboxylic acids is 2. The van der Waals surface area contributed by atoms with Crippen LogP contribution in [-0.2, 0) is 28.5 Å². The predicted octanol–water partition coefficient (Wildman–Crippen LogP) is 1.95. The first-order valence-electron chi connectivity index (χ1n) is 7.37. The number of hydrogen-bond acceptors (Lipinski definition) is 6. The third kappa shape index (κ3) is 6.44.